The van der Waals surface area contributed by atoms with Crippen LogP contribution in [0.5, 0.6) is 11.5 Å². The van der Waals surface area contributed by atoms with Gasteiger partial charge in [0.1, 0.15) is 5.54 Å². The van der Waals surface area contributed by atoms with E-state index in [4.69, 9.17) is 15.2 Å². The maximum atomic E-state index is 11.5. The number of hydrogen-bond donors (Lipinski definition) is 1. The lowest BCUT2D eigenvalue weighted by atomic mass is 9.94. The minimum absolute atomic E-state index is 0. The summed E-state index contributed by atoms with van der Waals surface area (Å²) in [6.07, 6.45) is 0.361. The van der Waals surface area contributed by atoms with Gasteiger partial charge in [-0.05, 0) is 24.6 Å². The fourth-order valence-electron chi connectivity index (χ4n) is 1.72. The molecule has 0 bridgehead atoms. The number of methoxy groups -OCH3 is 3. The maximum Gasteiger partial charge on any atom is 0.325 e. The number of carbonyl (C=O) groups excluding carboxylic acids is 1. The molecule has 1 atom stereocenters. The van der Waals surface area contributed by atoms with Crippen LogP contribution >= 0.6 is 12.4 Å². The zero-order valence-electron chi connectivity index (χ0n) is 11.6. The highest BCUT2D eigenvalue weighted by atomic mass is 35.5. The van der Waals surface area contributed by atoms with Gasteiger partial charge >= 0.3 is 5.97 Å². The molecule has 1 aromatic carbocycles. The molecule has 19 heavy (non-hydrogen) atoms. The van der Waals surface area contributed by atoms with Crippen molar-refractivity contribution in [3.63, 3.8) is 0 Å². The Morgan fingerprint density at radius 2 is 1.79 bits per heavy atom. The van der Waals surface area contributed by atoms with Crippen LogP contribution in [0.3, 0.4) is 0 Å². The van der Waals surface area contributed by atoms with E-state index in [-0.39, 0.29) is 12.4 Å². The smallest absolute Gasteiger partial charge is 0.325 e. The van der Waals surface area contributed by atoms with E-state index in [1.54, 1.807) is 33.3 Å². The predicted molar refractivity (Wildman–Crippen MR) is 75.1 cm³/mol. The third-order valence-electron chi connectivity index (χ3n) is 2.67. The van der Waals surface area contributed by atoms with Gasteiger partial charge in [-0.1, -0.05) is 6.07 Å². The number of nitrogens with two attached hydrogens (primary N) is 1. The van der Waals surface area contributed by atoms with Crippen molar-refractivity contribution >= 4 is 18.4 Å². The molecule has 0 aromatic heterocycles. The van der Waals surface area contributed by atoms with Crippen molar-refractivity contribution in [2.45, 2.75) is 18.9 Å². The van der Waals surface area contributed by atoms with E-state index in [1.807, 2.05) is 6.07 Å². The number of ether oxygens (including phenoxy) is 3. The molecule has 0 saturated heterocycles. The highest BCUT2D eigenvalue weighted by Gasteiger charge is 2.29. The summed E-state index contributed by atoms with van der Waals surface area (Å²) >= 11 is 0. The SMILES string of the molecule is COC(=O)[C@](C)(N)Cc1ccc(OC)c(OC)c1.Cl. The first-order valence-corrected chi connectivity index (χ1v) is 5.53. The quantitative estimate of drug-likeness (QED) is 0.833. The molecule has 2 N–H and O–H groups in total. The van der Waals surface area contributed by atoms with E-state index in [2.05, 4.69) is 4.74 Å². The van der Waals surface area contributed by atoms with Crippen molar-refractivity contribution in [1.29, 1.82) is 0 Å². The summed E-state index contributed by atoms with van der Waals surface area (Å²) in [7, 11) is 4.45. The lowest BCUT2D eigenvalue weighted by Gasteiger charge is -2.21. The van der Waals surface area contributed by atoms with Crippen molar-refractivity contribution in [2.75, 3.05) is 21.3 Å². The molecule has 0 spiro atoms. The Kier molecular flexibility index (Phi) is 6.65. The molecular formula is C13H20ClNO4. The number of rotatable bonds is 5. The Morgan fingerprint density at radius 3 is 2.26 bits per heavy atom. The summed E-state index contributed by atoms with van der Waals surface area (Å²) in [6, 6.07) is 5.42. The fourth-order valence-corrected chi connectivity index (χ4v) is 1.72. The van der Waals surface area contributed by atoms with E-state index < -0.39 is 11.5 Å². The minimum atomic E-state index is -1.06. The lowest BCUT2D eigenvalue weighted by molar-refractivity contribution is -0.146. The molecule has 6 heteroatoms. The normalized spacial score (nSPS) is 12.9. The van der Waals surface area contributed by atoms with Crippen LogP contribution < -0.4 is 15.2 Å². The second-order valence-electron chi connectivity index (χ2n) is 4.28. The molecule has 1 rings (SSSR count). The van der Waals surface area contributed by atoms with Gasteiger partial charge < -0.3 is 19.9 Å². The summed E-state index contributed by atoms with van der Waals surface area (Å²) in [5.41, 5.74) is 5.73. The molecule has 0 aliphatic carbocycles. The van der Waals surface area contributed by atoms with E-state index in [0.29, 0.717) is 17.9 Å². The molecule has 0 aliphatic heterocycles. The van der Waals surface area contributed by atoms with Gasteiger partial charge in [0.2, 0.25) is 0 Å². The first kappa shape index (κ1) is 17.5. The van der Waals surface area contributed by atoms with Crippen LogP contribution in [-0.2, 0) is 16.0 Å². The van der Waals surface area contributed by atoms with Crippen molar-refractivity contribution in [3.8, 4) is 11.5 Å². The monoisotopic (exact) mass is 289 g/mol. The fraction of sp³-hybridized carbons (Fsp3) is 0.462. The van der Waals surface area contributed by atoms with Crippen LogP contribution in [0.4, 0.5) is 0 Å². The van der Waals surface area contributed by atoms with Gasteiger partial charge in [-0.25, -0.2) is 0 Å². The summed E-state index contributed by atoms with van der Waals surface area (Å²) < 4.78 is 15.0. The summed E-state index contributed by atoms with van der Waals surface area (Å²) in [5.74, 6) is 0.797. The summed E-state index contributed by atoms with van der Waals surface area (Å²) in [4.78, 5) is 11.5. The van der Waals surface area contributed by atoms with Crippen molar-refractivity contribution in [3.05, 3.63) is 23.8 Å². The molecule has 1 aromatic rings. The third-order valence-corrected chi connectivity index (χ3v) is 2.67. The van der Waals surface area contributed by atoms with Crippen molar-refractivity contribution in [2.24, 2.45) is 5.73 Å². The zero-order valence-corrected chi connectivity index (χ0v) is 12.4. The van der Waals surface area contributed by atoms with E-state index in [9.17, 15) is 4.79 Å². The molecule has 0 saturated carbocycles. The van der Waals surface area contributed by atoms with Gasteiger partial charge in [0.05, 0.1) is 21.3 Å². The molecule has 5 nitrogen and oxygen atoms in total. The van der Waals surface area contributed by atoms with Crippen LogP contribution in [-0.4, -0.2) is 32.8 Å². The molecule has 0 fully saturated rings. The Labute approximate surface area is 119 Å². The van der Waals surface area contributed by atoms with E-state index in [0.717, 1.165) is 5.56 Å². The van der Waals surface area contributed by atoms with E-state index in [1.165, 1.54) is 7.11 Å². The topological polar surface area (TPSA) is 70.8 Å². The molecule has 0 heterocycles. The highest BCUT2D eigenvalue weighted by Crippen LogP contribution is 2.28. The number of halogens is 1. The predicted octanol–water partition coefficient (Wildman–Crippen LogP) is 1.56. The van der Waals surface area contributed by atoms with Crippen molar-refractivity contribution in [1.82, 2.24) is 0 Å². The number of esters is 1. The standard InChI is InChI=1S/C13H19NO4.ClH/c1-13(14,12(15)18-4)8-9-5-6-10(16-2)11(7-9)17-3;/h5-7H,8,14H2,1-4H3;1H/t13-;/m1./s1. The molecule has 0 amide bonds. The second kappa shape index (κ2) is 7.21. The minimum Gasteiger partial charge on any atom is -0.493 e. The molecule has 0 aliphatic rings. The van der Waals surface area contributed by atoms with Crippen LogP contribution in [0.25, 0.3) is 0 Å². The maximum absolute atomic E-state index is 11.5. The summed E-state index contributed by atoms with van der Waals surface area (Å²) in [5, 5.41) is 0. The Bertz CT molecular complexity index is 435. The van der Waals surface area contributed by atoms with Gasteiger partial charge in [-0.3, -0.25) is 4.79 Å². The zero-order chi connectivity index (χ0) is 13.8. The Hall–Kier alpha value is -1.46. The van der Waals surface area contributed by atoms with Crippen LogP contribution in [0.2, 0.25) is 0 Å². The number of hydrogen-bond acceptors (Lipinski definition) is 5. The van der Waals surface area contributed by atoms with Gasteiger partial charge in [0, 0.05) is 6.42 Å². The Morgan fingerprint density at radius 1 is 1.21 bits per heavy atom. The average molecular weight is 290 g/mol. The summed E-state index contributed by atoms with van der Waals surface area (Å²) in [6.45, 7) is 1.63. The molecule has 0 unspecified atom stereocenters. The largest absolute Gasteiger partial charge is 0.493 e. The first-order valence-electron chi connectivity index (χ1n) is 5.53. The van der Waals surface area contributed by atoms with Gasteiger partial charge in [0.15, 0.2) is 11.5 Å². The lowest BCUT2D eigenvalue weighted by Crippen LogP contribution is -2.47. The van der Waals surface area contributed by atoms with Gasteiger partial charge in [0.25, 0.3) is 0 Å². The van der Waals surface area contributed by atoms with Crippen LogP contribution in [0.15, 0.2) is 18.2 Å². The highest BCUT2D eigenvalue weighted by molar-refractivity contribution is 5.85. The molecule has 0 radical (unpaired) electrons. The number of carbonyl (C=O) groups is 1. The van der Waals surface area contributed by atoms with Crippen LogP contribution in [0.1, 0.15) is 12.5 Å². The van der Waals surface area contributed by atoms with E-state index >= 15 is 0 Å². The first-order chi connectivity index (χ1) is 8.44. The third kappa shape index (κ3) is 4.29. The average Bonchev–Trinajstić information content (AvgIpc) is 2.36. The van der Waals surface area contributed by atoms with Gasteiger partial charge in [-0.2, -0.15) is 0 Å². The van der Waals surface area contributed by atoms with Gasteiger partial charge in [-0.15, -0.1) is 12.4 Å². The number of benzene rings is 1. The second-order valence-corrected chi connectivity index (χ2v) is 4.28. The molecule has 108 valence electrons. The van der Waals surface area contributed by atoms with Crippen LogP contribution in [0, 0.1) is 0 Å². The Balaban J connectivity index is 0.00000324. The van der Waals surface area contributed by atoms with Crippen molar-refractivity contribution < 1.29 is 19.0 Å². The molecular weight excluding hydrogens is 270 g/mol.